The number of methoxy groups -OCH3 is 2. The van der Waals surface area contributed by atoms with Crippen LogP contribution in [-0.2, 0) is 27.4 Å². The summed E-state index contributed by atoms with van der Waals surface area (Å²) >= 11 is 0. The van der Waals surface area contributed by atoms with E-state index in [4.69, 9.17) is 18.9 Å². The van der Waals surface area contributed by atoms with Crippen molar-refractivity contribution in [2.75, 3.05) is 47.0 Å². The molecule has 0 aliphatic carbocycles. The molecule has 1 aromatic heterocycles. The normalized spacial score (nSPS) is 20.0. The van der Waals surface area contributed by atoms with Crippen LogP contribution in [0.25, 0.3) is 0 Å². The van der Waals surface area contributed by atoms with Crippen LogP contribution in [0.1, 0.15) is 34.5 Å². The molecule has 0 saturated carbocycles. The smallest absolute Gasteiger partial charge is 0.276 e. The van der Waals surface area contributed by atoms with E-state index in [2.05, 4.69) is 25.6 Å². The molecule has 2 aliphatic heterocycles. The molecule has 2 N–H and O–H groups in total. The van der Waals surface area contributed by atoms with Gasteiger partial charge in [0.1, 0.15) is 5.75 Å². The van der Waals surface area contributed by atoms with Gasteiger partial charge in [-0.3, -0.25) is 14.5 Å². The molecule has 0 spiro atoms. The number of amides is 2. The molecule has 2 aromatic carbocycles. The molecule has 1 saturated heterocycles. The van der Waals surface area contributed by atoms with Crippen LogP contribution in [0, 0.1) is 0 Å². The summed E-state index contributed by atoms with van der Waals surface area (Å²) in [4.78, 5) is 30.2. The van der Waals surface area contributed by atoms with Crippen LogP contribution in [0.5, 0.6) is 17.2 Å². The van der Waals surface area contributed by atoms with Crippen molar-refractivity contribution in [1.29, 1.82) is 0 Å². The highest BCUT2D eigenvalue weighted by Gasteiger charge is 2.34. The largest absolute Gasteiger partial charge is 0.493 e. The van der Waals surface area contributed by atoms with E-state index >= 15 is 0 Å². The molecule has 12 heteroatoms. The number of hydrogen-bond donors (Lipinski definition) is 2. The van der Waals surface area contributed by atoms with Crippen molar-refractivity contribution in [3.05, 3.63) is 65.5 Å². The topological polar surface area (TPSA) is 131 Å². The van der Waals surface area contributed by atoms with Crippen molar-refractivity contribution in [3.8, 4) is 17.2 Å². The van der Waals surface area contributed by atoms with Gasteiger partial charge >= 0.3 is 0 Å². The highest BCUT2D eigenvalue weighted by atomic mass is 16.5. The monoisotopic (exact) mass is 564 g/mol. The number of aromatic nitrogens is 3. The van der Waals surface area contributed by atoms with E-state index in [1.807, 2.05) is 42.5 Å². The summed E-state index contributed by atoms with van der Waals surface area (Å²) in [5.41, 5.74) is 2.15. The maximum Gasteiger partial charge on any atom is 0.276 e. The van der Waals surface area contributed by atoms with E-state index in [0.717, 1.165) is 17.5 Å². The average molecular weight is 565 g/mol. The number of rotatable bonds is 6. The second-order valence-electron chi connectivity index (χ2n) is 10.2. The zero-order valence-corrected chi connectivity index (χ0v) is 23.4. The predicted octanol–water partition coefficient (Wildman–Crippen LogP) is 2.37. The zero-order valence-electron chi connectivity index (χ0n) is 23.4. The van der Waals surface area contributed by atoms with Crippen LogP contribution in [0.15, 0.2) is 48.7 Å². The first-order valence-electron chi connectivity index (χ1n) is 13.7. The molecular weight excluding hydrogens is 528 g/mol. The molecule has 218 valence electrons. The molecule has 0 radical (unpaired) electrons. The van der Waals surface area contributed by atoms with E-state index in [0.29, 0.717) is 63.1 Å². The lowest BCUT2D eigenvalue weighted by Gasteiger charge is -2.38. The predicted molar refractivity (Wildman–Crippen MR) is 149 cm³/mol. The van der Waals surface area contributed by atoms with Gasteiger partial charge in [0, 0.05) is 39.9 Å². The number of H-pyrrole nitrogens is 1. The van der Waals surface area contributed by atoms with Crippen LogP contribution < -0.4 is 14.8 Å². The molecule has 0 unspecified atom stereocenters. The second kappa shape index (κ2) is 13.6. The third-order valence-corrected chi connectivity index (χ3v) is 7.23. The molecule has 4 bridgehead atoms. The van der Waals surface area contributed by atoms with E-state index < -0.39 is 6.04 Å². The van der Waals surface area contributed by atoms with Gasteiger partial charge in [-0.1, -0.05) is 18.2 Å². The molecule has 3 aromatic rings. The molecule has 2 atom stereocenters. The Morgan fingerprint density at radius 2 is 2.05 bits per heavy atom. The summed E-state index contributed by atoms with van der Waals surface area (Å²) in [7, 11) is 3.28. The molecule has 41 heavy (non-hydrogen) atoms. The van der Waals surface area contributed by atoms with Gasteiger partial charge < -0.3 is 29.2 Å². The van der Waals surface area contributed by atoms with Gasteiger partial charge in [-0.2, -0.15) is 15.4 Å². The summed E-state index contributed by atoms with van der Waals surface area (Å²) in [5.74, 6) is 1.51. The maximum atomic E-state index is 13.4. The third kappa shape index (κ3) is 7.40. The Kier molecular flexibility index (Phi) is 9.44. The fourth-order valence-corrected chi connectivity index (χ4v) is 5.21. The number of piperidine rings is 1. The number of fused-ring (bicyclic) bond motifs is 5. The lowest BCUT2D eigenvalue weighted by molar-refractivity contribution is -0.125. The number of benzene rings is 2. The number of nitrogens with one attached hydrogen (secondary N) is 2. The van der Waals surface area contributed by atoms with Gasteiger partial charge in [-0.25, -0.2) is 0 Å². The van der Waals surface area contributed by atoms with Gasteiger partial charge in [-0.15, -0.1) is 0 Å². The first kappa shape index (κ1) is 28.5. The van der Waals surface area contributed by atoms with Crippen LogP contribution in [0.3, 0.4) is 0 Å². The Balaban J connectivity index is 1.42. The number of likely N-dealkylation sites (tertiary alicyclic amines) is 1. The Labute approximate surface area is 238 Å². The van der Waals surface area contributed by atoms with Crippen molar-refractivity contribution in [2.24, 2.45) is 0 Å². The number of aromatic amines is 1. The minimum Gasteiger partial charge on any atom is -0.493 e. The van der Waals surface area contributed by atoms with Gasteiger partial charge in [-0.05, 0) is 48.2 Å². The molecule has 5 rings (SSSR count). The van der Waals surface area contributed by atoms with Crippen LogP contribution in [0.2, 0.25) is 0 Å². The quantitative estimate of drug-likeness (QED) is 0.433. The van der Waals surface area contributed by atoms with Crippen molar-refractivity contribution in [2.45, 2.75) is 38.1 Å². The van der Waals surface area contributed by atoms with Gasteiger partial charge in [0.05, 0.1) is 38.6 Å². The number of ether oxygens (including phenoxy) is 4. The number of carbonyl (C=O) groups is 2. The zero-order chi connectivity index (χ0) is 28.6. The summed E-state index contributed by atoms with van der Waals surface area (Å²) < 4.78 is 23.4. The Morgan fingerprint density at radius 1 is 1.15 bits per heavy atom. The summed E-state index contributed by atoms with van der Waals surface area (Å²) in [6, 6.07) is 13.1. The van der Waals surface area contributed by atoms with E-state index in [1.165, 1.54) is 6.20 Å². The van der Waals surface area contributed by atoms with Gasteiger partial charge in [0.2, 0.25) is 5.91 Å². The molecule has 3 heterocycles. The average Bonchev–Trinajstić information content (AvgIpc) is 3.51. The van der Waals surface area contributed by atoms with Gasteiger partial charge in [0.25, 0.3) is 5.91 Å². The second-order valence-corrected chi connectivity index (χ2v) is 10.2. The molecule has 2 amide bonds. The SMILES string of the molecule is COCCCN1CC(=O)N[C@H]2CN(C(=O)c3cn[nH]n3)CC[C@H]2OCc2cccc(c2)Oc2cc(ccc2OC)C1. The molecule has 12 nitrogen and oxygen atoms in total. The highest BCUT2D eigenvalue weighted by molar-refractivity contribution is 5.92. The summed E-state index contributed by atoms with van der Waals surface area (Å²) in [6.07, 6.45) is 2.45. The van der Waals surface area contributed by atoms with E-state index in [-0.39, 0.29) is 30.2 Å². The van der Waals surface area contributed by atoms with Crippen LogP contribution in [0.4, 0.5) is 0 Å². The lowest BCUT2D eigenvalue weighted by Crippen LogP contribution is -2.58. The fraction of sp³-hybridized carbons (Fsp3) is 0.448. The maximum absolute atomic E-state index is 13.4. The summed E-state index contributed by atoms with van der Waals surface area (Å²) in [5, 5.41) is 13.3. The van der Waals surface area contributed by atoms with Crippen LogP contribution >= 0.6 is 0 Å². The molecule has 2 aliphatic rings. The molecule has 1 fully saturated rings. The number of nitrogens with zero attached hydrogens (tertiary/aromatic N) is 4. The summed E-state index contributed by atoms with van der Waals surface area (Å²) in [6.45, 7) is 3.05. The fourth-order valence-electron chi connectivity index (χ4n) is 5.21. The number of hydrogen-bond acceptors (Lipinski definition) is 9. The Bertz CT molecular complexity index is 1320. The van der Waals surface area contributed by atoms with Gasteiger partial charge in [0.15, 0.2) is 17.2 Å². The first-order valence-corrected chi connectivity index (χ1v) is 13.7. The number of carbonyl (C=O) groups excluding carboxylic acids is 2. The lowest BCUT2D eigenvalue weighted by atomic mass is 10.0. The van der Waals surface area contributed by atoms with Crippen molar-refractivity contribution >= 4 is 11.8 Å². The minimum atomic E-state index is -0.396. The molecular formula is C29H36N6O6. The van der Waals surface area contributed by atoms with E-state index in [9.17, 15) is 9.59 Å². The third-order valence-electron chi connectivity index (χ3n) is 7.23. The Hall–Kier alpha value is -4.00. The van der Waals surface area contributed by atoms with Crippen molar-refractivity contribution in [1.82, 2.24) is 30.5 Å². The van der Waals surface area contributed by atoms with Crippen LogP contribution in [-0.4, -0.2) is 96.2 Å². The van der Waals surface area contributed by atoms with Crippen molar-refractivity contribution in [3.63, 3.8) is 0 Å². The van der Waals surface area contributed by atoms with E-state index in [1.54, 1.807) is 19.1 Å². The Morgan fingerprint density at radius 3 is 2.85 bits per heavy atom. The van der Waals surface area contributed by atoms with Crippen molar-refractivity contribution < 1.29 is 28.5 Å². The highest BCUT2D eigenvalue weighted by Crippen LogP contribution is 2.33. The minimum absolute atomic E-state index is 0.143. The standard InChI is InChI=1S/C29H36N6O6/c1-38-12-4-10-34-16-20-7-8-26(39-2)27(14-20)41-22-6-3-5-21(13-22)19-40-25-9-11-35(17-24(25)31-28(36)18-34)29(37)23-15-30-33-32-23/h3,5-8,13-15,24-25H,4,9-12,16-19H2,1-2H3,(H,31,36)(H,30,32,33)/t24-,25+/m0/s1. The first-order chi connectivity index (χ1) is 20.0.